The summed E-state index contributed by atoms with van der Waals surface area (Å²) in [7, 11) is 0. The first-order valence-corrected chi connectivity index (χ1v) is 6.93. The van der Waals surface area contributed by atoms with E-state index in [9.17, 15) is 0 Å². The molecule has 0 aliphatic rings. The van der Waals surface area contributed by atoms with Crippen LogP contribution in [0.3, 0.4) is 0 Å². The Balaban J connectivity index is 2.15. The molecule has 2 aromatic carbocycles. The molecular weight excluding hydrogens is 254 g/mol. The molecule has 1 unspecified atom stereocenters. The molecule has 2 rings (SSSR count). The van der Waals surface area contributed by atoms with Crippen LogP contribution < -0.4 is 5.73 Å². The van der Waals surface area contributed by atoms with Crippen molar-refractivity contribution in [2.24, 2.45) is 5.73 Å². The Bertz CT molecular complexity index is 517. The Hall–Kier alpha value is -1.31. The van der Waals surface area contributed by atoms with Crippen LogP contribution >= 0.6 is 11.6 Å². The monoisotopic (exact) mass is 273 g/mol. The third kappa shape index (κ3) is 3.59. The first-order valence-electron chi connectivity index (χ1n) is 6.55. The summed E-state index contributed by atoms with van der Waals surface area (Å²) < 4.78 is 0. The van der Waals surface area contributed by atoms with Gasteiger partial charge in [0.2, 0.25) is 0 Å². The number of rotatable bonds is 4. The van der Waals surface area contributed by atoms with Crippen molar-refractivity contribution in [3.8, 4) is 0 Å². The minimum absolute atomic E-state index is 0.0276. The van der Waals surface area contributed by atoms with E-state index in [0.29, 0.717) is 0 Å². The van der Waals surface area contributed by atoms with E-state index in [2.05, 4.69) is 38.1 Å². The predicted octanol–water partition coefficient (Wildman–Crippen LogP) is 4.71. The fourth-order valence-electron chi connectivity index (χ4n) is 2.39. The Morgan fingerprint density at radius 1 is 1.00 bits per heavy atom. The van der Waals surface area contributed by atoms with Gasteiger partial charge in [-0.15, -0.1) is 0 Å². The van der Waals surface area contributed by atoms with Crippen molar-refractivity contribution in [2.45, 2.75) is 31.7 Å². The van der Waals surface area contributed by atoms with Gasteiger partial charge in [-0.05, 0) is 35.1 Å². The summed E-state index contributed by atoms with van der Waals surface area (Å²) in [4.78, 5) is 0. The fourth-order valence-corrected chi connectivity index (χ4v) is 2.51. The highest BCUT2D eigenvalue weighted by molar-refractivity contribution is 6.30. The number of benzene rings is 2. The van der Waals surface area contributed by atoms with E-state index in [-0.39, 0.29) is 11.5 Å². The molecule has 0 aliphatic carbocycles. The molecule has 0 spiro atoms. The zero-order valence-corrected chi connectivity index (χ0v) is 12.2. The van der Waals surface area contributed by atoms with Crippen molar-refractivity contribution in [3.63, 3.8) is 0 Å². The van der Waals surface area contributed by atoms with Gasteiger partial charge in [0.1, 0.15) is 0 Å². The first-order chi connectivity index (χ1) is 8.99. The lowest BCUT2D eigenvalue weighted by Gasteiger charge is -2.29. The summed E-state index contributed by atoms with van der Waals surface area (Å²) in [6.07, 6.45) is 0.901. The SMILES string of the molecule is CC(C)(CC(N)c1ccccc1)c1ccc(Cl)cc1. The maximum Gasteiger partial charge on any atom is 0.0406 e. The second-order valence-corrected chi connectivity index (χ2v) is 6.05. The van der Waals surface area contributed by atoms with Crippen LogP contribution in [0, 0.1) is 0 Å². The summed E-state index contributed by atoms with van der Waals surface area (Å²) >= 11 is 5.94. The van der Waals surface area contributed by atoms with Gasteiger partial charge in [0.15, 0.2) is 0 Å². The van der Waals surface area contributed by atoms with E-state index < -0.39 is 0 Å². The maximum atomic E-state index is 6.32. The highest BCUT2D eigenvalue weighted by atomic mass is 35.5. The second kappa shape index (κ2) is 5.77. The fraction of sp³-hybridized carbons (Fsp3) is 0.294. The molecule has 19 heavy (non-hydrogen) atoms. The maximum absolute atomic E-state index is 6.32. The van der Waals surface area contributed by atoms with Gasteiger partial charge in [-0.25, -0.2) is 0 Å². The third-order valence-electron chi connectivity index (χ3n) is 3.58. The summed E-state index contributed by atoms with van der Waals surface area (Å²) in [6.45, 7) is 4.44. The van der Waals surface area contributed by atoms with Crippen LogP contribution in [-0.2, 0) is 5.41 Å². The molecule has 0 fully saturated rings. The largest absolute Gasteiger partial charge is 0.324 e. The zero-order valence-electron chi connectivity index (χ0n) is 11.4. The molecule has 0 saturated carbocycles. The van der Waals surface area contributed by atoms with Crippen molar-refractivity contribution in [3.05, 3.63) is 70.7 Å². The lowest BCUT2D eigenvalue weighted by Crippen LogP contribution is -2.24. The lowest BCUT2D eigenvalue weighted by molar-refractivity contribution is 0.429. The number of hydrogen-bond donors (Lipinski definition) is 1. The van der Waals surface area contributed by atoms with E-state index in [1.54, 1.807) is 0 Å². The van der Waals surface area contributed by atoms with Crippen LogP contribution in [0.5, 0.6) is 0 Å². The smallest absolute Gasteiger partial charge is 0.0406 e. The molecule has 1 atom stereocenters. The summed E-state index contributed by atoms with van der Waals surface area (Å²) in [6, 6.07) is 18.3. The van der Waals surface area contributed by atoms with E-state index >= 15 is 0 Å². The minimum Gasteiger partial charge on any atom is -0.324 e. The zero-order chi connectivity index (χ0) is 13.9. The third-order valence-corrected chi connectivity index (χ3v) is 3.84. The van der Waals surface area contributed by atoms with Crippen molar-refractivity contribution < 1.29 is 0 Å². The molecule has 1 nitrogen and oxygen atoms in total. The van der Waals surface area contributed by atoms with E-state index in [0.717, 1.165) is 11.4 Å². The predicted molar refractivity (Wildman–Crippen MR) is 82.5 cm³/mol. The van der Waals surface area contributed by atoms with Crippen LogP contribution in [0.15, 0.2) is 54.6 Å². The normalized spacial score (nSPS) is 13.3. The molecule has 0 bridgehead atoms. The van der Waals surface area contributed by atoms with Crippen molar-refractivity contribution in [1.82, 2.24) is 0 Å². The van der Waals surface area contributed by atoms with Crippen molar-refractivity contribution >= 4 is 11.6 Å². The average molecular weight is 274 g/mol. The molecule has 0 saturated heterocycles. The van der Waals surface area contributed by atoms with Gasteiger partial charge in [0.05, 0.1) is 0 Å². The van der Waals surface area contributed by atoms with Gasteiger partial charge >= 0.3 is 0 Å². The van der Waals surface area contributed by atoms with Crippen LogP contribution in [0.2, 0.25) is 5.02 Å². The lowest BCUT2D eigenvalue weighted by atomic mass is 9.78. The molecule has 0 aliphatic heterocycles. The molecule has 2 heteroatoms. The van der Waals surface area contributed by atoms with Gasteiger partial charge in [0.25, 0.3) is 0 Å². The van der Waals surface area contributed by atoms with Gasteiger partial charge < -0.3 is 5.73 Å². The Labute approximate surface area is 120 Å². The molecule has 0 heterocycles. The highest BCUT2D eigenvalue weighted by Crippen LogP contribution is 2.33. The summed E-state index contributed by atoms with van der Waals surface area (Å²) in [5, 5.41) is 0.770. The van der Waals surface area contributed by atoms with Gasteiger partial charge in [-0.3, -0.25) is 0 Å². The Morgan fingerprint density at radius 3 is 2.16 bits per heavy atom. The Kier molecular flexibility index (Phi) is 4.28. The van der Waals surface area contributed by atoms with Crippen LogP contribution in [-0.4, -0.2) is 0 Å². The molecule has 0 aromatic heterocycles. The van der Waals surface area contributed by atoms with E-state index in [4.69, 9.17) is 17.3 Å². The minimum atomic E-state index is 0.0276. The highest BCUT2D eigenvalue weighted by Gasteiger charge is 2.24. The Morgan fingerprint density at radius 2 is 1.58 bits per heavy atom. The van der Waals surface area contributed by atoms with E-state index in [1.165, 1.54) is 11.1 Å². The quantitative estimate of drug-likeness (QED) is 0.858. The van der Waals surface area contributed by atoms with Crippen LogP contribution in [0.25, 0.3) is 0 Å². The van der Waals surface area contributed by atoms with Crippen molar-refractivity contribution in [1.29, 1.82) is 0 Å². The molecule has 2 N–H and O–H groups in total. The standard InChI is InChI=1S/C17H20ClN/c1-17(2,14-8-10-15(18)11-9-14)12-16(19)13-6-4-3-5-7-13/h3-11,16H,12,19H2,1-2H3. The van der Waals surface area contributed by atoms with Crippen LogP contribution in [0.1, 0.15) is 37.4 Å². The van der Waals surface area contributed by atoms with E-state index in [1.807, 2.05) is 30.3 Å². The number of nitrogens with two attached hydrogens (primary N) is 1. The molecule has 2 aromatic rings. The average Bonchev–Trinajstić information content (AvgIpc) is 2.40. The molecule has 0 radical (unpaired) electrons. The summed E-state index contributed by atoms with van der Waals surface area (Å²) in [5.74, 6) is 0. The molecular formula is C17H20ClN. The number of halogens is 1. The second-order valence-electron chi connectivity index (χ2n) is 5.61. The van der Waals surface area contributed by atoms with Gasteiger partial charge in [0, 0.05) is 11.1 Å². The molecule has 100 valence electrons. The summed E-state index contributed by atoms with van der Waals surface area (Å²) in [5.41, 5.74) is 8.80. The molecule has 0 amide bonds. The van der Waals surface area contributed by atoms with Gasteiger partial charge in [-0.2, -0.15) is 0 Å². The van der Waals surface area contributed by atoms with Gasteiger partial charge in [-0.1, -0.05) is 67.9 Å². The topological polar surface area (TPSA) is 26.0 Å². The van der Waals surface area contributed by atoms with Crippen molar-refractivity contribution in [2.75, 3.05) is 0 Å². The van der Waals surface area contributed by atoms with Crippen LogP contribution in [0.4, 0.5) is 0 Å². The number of hydrogen-bond acceptors (Lipinski definition) is 1. The first kappa shape index (κ1) is 14.1.